The Bertz CT molecular complexity index is 239. The molecule has 1 saturated carbocycles. The van der Waals surface area contributed by atoms with Crippen LogP contribution in [0.2, 0.25) is 0 Å². The molecule has 0 spiro atoms. The summed E-state index contributed by atoms with van der Waals surface area (Å²) in [6.45, 7) is 2.19. The van der Waals surface area contributed by atoms with E-state index in [4.69, 9.17) is 5.11 Å². The summed E-state index contributed by atoms with van der Waals surface area (Å²) >= 11 is 1.95. The van der Waals surface area contributed by atoms with Crippen molar-refractivity contribution in [2.24, 2.45) is 5.92 Å². The largest absolute Gasteiger partial charge is 0.481 e. The van der Waals surface area contributed by atoms with E-state index in [0.29, 0.717) is 6.04 Å². The Labute approximate surface area is 95.2 Å². The molecule has 2 rings (SSSR count). The van der Waals surface area contributed by atoms with Crippen LogP contribution in [0.25, 0.3) is 0 Å². The molecule has 2 unspecified atom stereocenters. The van der Waals surface area contributed by atoms with Crippen molar-refractivity contribution in [3.63, 3.8) is 0 Å². The monoisotopic (exact) mass is 229 g/mol. The number of hydrogen-bond acceptors (Lipinski definition) is 3. The molecule has 0 amide bonds. The van der Waals surface area contributed by atoms with Gasteiger partial charge in [-0.15, -0.1) is 0 Å². The molecule has 0 aromatic heterocycles. The van der Waals surface area contributed by atoms with Gasteiger partial charge in [-0.2, -0.15) is 11.8 Å². The van der Waals surface area contributed by atoms with Gasteiger partial charge in [0.1, 0.15) is 0 Å². The van der Waals surface area contributed by atoms with Crippen LogP contribution in [0.15, 0.2) is 0 Å². The first-order chi connectivity index (χ1) is 7.22. The molecule has 2 aliphatic rings. The number of carboxylic acids is 1. The maximum atomic E-state index is 10.9. The lowest BCUT2D eigenvalue weighted by molar-refractivity contribution is -0.149. The Balaban J connectivity index is 1.83. The molecule has 0 bridgehead atoms. The van der Waals surface area contributed by atoms with Gasteiger partial charge in [-0.25, -0.2) is 0 Å². The van der Waals surface area contributed by atoms with Gasteiger partial charge in [-0.1, -0.05) is 0 Å². The van der Waals surface area contributed by atoms with Crippen LogP contribution in [0, 0.1) is 5.92 Å². The summed E-state index contributed by atoms with van der Waals surface area (Å²) in [6.07, 6.45) is 6.58. The van der Waals surface area contributed by atoms with Crippen molar-refractivity contribution in [1.29, 1.82) is 0 Å². The van der Waals surface area contributed by atoms with Crippen LogP contribution in [0.5, 0.6) is 0 Å². The third kappa shape index (κ3) is 2.31. The number of nitrogens with zero attached hydrogens (tertiary/aromatic N) is 1. The van der Waals surface area contributed by atoms with Gasteiger partial charge in [0.2, 0.25) is 0 Å². The van der Waals surface area contributed by atoms with Crippen LogP contribution in [-0.4, -0.2) is 46.6 Å². The van der Waals surface area contributed by atoms with Gasteiger partial charge in [-0.05, 0) is 45.0 Å². The highest BCUT2D eigenvalue weighted by Crippen LogP contribution is 2.35. The Kier molecular flexibility index (Phi) is 3.57. The predicted octanol–water partition coefficient (Wildman–Crippen LogP) is 1.68. The third-order valence-electron chi connectivity index (χ3n) is 3.83. The maximum Gasteiger partial charge on any atom is 0.308 e. The Morgan fingerprint density at radius 3 is 2.33 bits per heavy atom. The van der Waals surface area contributed by atoms with Crippen molar-refractivity contribution >= 4 is 17.7 Å². The van der Waals surface area contributed by atoms with Crippen molar-refractivity contribution in [1.82, 2.24) is 4.90 Å². The fourth-order valence-electron chi connectivity index (χ4n) is 2.65. The lowest BCUT2D eigenvalue weighted by atomic mass is 9.78. The number of aliphatic carboxylic acids is 1. The van der Waals surface area contributed by atoms with Gasteiger partial charge in [-0.3, -0.25) is 9.69 Å². The molecule has 0 radical (unpaired) electrons. The van der Waals surface area contributed by atoms with Gasteiger partial charge in [0, 0.05) is 11.3 Å². The van der Waals surface area contributed by atoms with E-state index in [1.54, 1.807) is 0 Å². The van der Waals surface area contributed by atoms with Gasteiger partial charge in [0.05, 0.1) is 5.92 Å². The first kappa shape index (κ1) is 11.3. The molecule has 1 aliphatic carbocycles. The van der Waals surface area contributed by atoms with Gasteiger partial charge < -0.3 is 5.11 Å². The number of likely N-dealkylation sites (tertiary alicyclic amines) is 1. The Morgan fingerprint density at radius 1 is 1.27 bits per heavy atom. The van der Waals surface area contributed by atoms with Crippen molar-refractivity contribution in [2.45, 2.75) is 37.0 Å². The quantitative estimate of drug-likeness (QED) is 0.799. The summed E-state index contributed by atoms with van der Waals surface area (Å²) in [4.78, 5) is 13.3. The molecule has 4 heteroatoms. The van der Waals surface area contributed by atoms with Crippen LogP contribution < -0.4 is 0 Å². The molecule has 3 nitrogen and oxygen atoms in total. The first-order valence-electron chi connectivity index (χ1n) is 5.72. The summed E-state index contributed by atoms with van der Waals surface area (Å²) in [6, 6.07) is 0.338. The summed E-state index contributed by atoms with van der Waals surface area (Å²) in [5, 5.41) is 9.80. The van der Waals surface area contributed by atoms with Crippen LogP contribution in [0.4, 0.5) is 0 Å². The normalized spacial score (nSPS) is 33.7. The highest BCUT2D eigenvalue weighted by Gasteiger charge is 2.41. The average molecular weight is 229 g/mol. The van der Waals surface area contributed by atoms with E-state index in [9.17, 15) is 4.79 Å². The molecule has 2 atom stereocenters. The summed E-state index contributed by atoms with van der Waals surface area (Å²) in [5.41, 5.74) is 0. The molecule has 15 heavy (non-hydrogen) atoms. The van der Waals surface area contributed by atoms with Crippen molar-refractivity contribution in [3.05, 3.63) is 0 Å². The van der Waals surface area contributed by atoms with Crippen LogP contribution in [0.3, 0.4) is 0 Å². The predicted molar refractivity (Wildman–Crippen MR) is 62.3 cm³/mol. The van der Waals surface area contributed by atoms with Crippen molar-refractivity contribution in [2.75, 3.05) is 19.3 Å². The zero-order valence-corrected chi connectivity index (χ0v) is 10.0. The van der Waals surface area contributed by atoms with E-state index >= 15 is 0 Å². The second-order valence-corrected chi connectivity index (χ2v) is 5.70. The van der Waals surface area contributed by atoms with Crippen LogP contribution in [0.1, 0.15) is 25.7 Å². The lowest BCUT2D eigenvalue weighted by Gasteiger charge is -2.45. The standard InChI is InChI=1S/C11H19NO2S/c1-15-8-4-6-12(7-5-8)10-3-2-9(10)11(13)14/h8-10H,2-7H2,1H3,(H,13,14). The molecule has 1 aliphatic heterocycles. The topological polar surface area (TPSA) is 40.5 Å². The average Bonchev–Trinajstić information content (AvgIpc) is 2.16. The number of carbonyl (C=O) groups is 1. The Morgan fingerprint density at radius 2 is 1.93 bits per heavy atom. The second kappa shape index (κ2) is 4.74. The third-order valence-corrected chi connectivity index (χ3v) is 4.97. The van der Waals surface area contributed by atoms with E-state index in [1.165, 1.54) is 12.8 Å². The number of hydrogen-bond donors (Lipinski definition) is 1. The first-order valence-corrected chi connectivity index (χ1v) is 7.01. The zero-order valence-electron chi connectivity index (χ0n) is 9.19. The minimum Gasteiger partial charge on any atom is -0.481 e. The molecule has 1 heterocycles. The smallest absolute Gasteiger partial charge is 0.308 e. The minimum absolute atomic E-state index is 0.0872. The van der Waals surface area contributed by atoms with Gasteiger partial charge >= 0.3 is 5.97 Å². The minimum atomic E-state index is -0.599. The van der Waals surface area contributed by atoms with Gasteiger partial charge in [0.15, 0.2) is 0 Å². The van der Waals surface area contributed by atoms with Crippen LogP contribution in [-0.2, 0) is 4.79 Å². The van der Waals surface area contributed by atoms with E-state index in [0.717, 1.165) is 31.2 Å². The number of piperidine rings is 1. The highest BCUT2D eigenvalue weighted by atomic mass is 32.2. The van der Waals surface area contributed by atoms with E-state index < -0.39 is 5.97 Å². The van der Waals surface area contributed by atoms with Crippen molar-refractivity contribution in [3.8, 4) is 0 Å². The Hall–Kier alpha value is -0.220. The maximum absolute atomic E-state index is 10.9. The zero-order chi connectivity index (χ0) is 10.8. The molecule has 86 valence electrons. The second-order valence-electron chi connectivity index (χ2n) is 4.56. The molecule has 0 aromatic carbocycles. The van der Waals surface area contributed by atoms with Crippen molar-refractivity contribution < 1.29 is 9.90 Å². The molecular weight excluding hydrogens is 210 g/mol. The summed E-state index contributed by atoms with van der Waals surface area (Å²) < 4.78 is 0. The molecular formula is C11H19NO2S. The van der Waals surface area contributed by atoms with E-state index in [-0.39, 0.29) is 5.92 Å². The fourth-order valence-corrected chi connectivity index (χ4v) is 3.33. The number of thioether (sulfide) groups is 1. The molecule has 0 aromatic rings. The van der Waals surface area contributed by atoms with E-state index in [2.05, 4.69) is 11.2 Å². The molecule has 1 saturated heterocycles. The lowest BCUT2D eigenvalue weighted by Crippen LogP contribution is -2.52. The summed E-state index contributed by atoms with van der Waals surface area (Å²) in [5.74, 6) is -0.686. The SMILES string of the molecule is CSC1CCN(C2CCC2C(=O)O)CC1. The van der Waals surface area contributed by atoms with Crippen LogP contribution >= 0.6 is 11.8 Å². The fraction of sp³-hybridized carbons (Fsp3) is 0.909. The molecule has 1 N–H and O–H groups in total. The highest BCUT2D eigenvalue weighted by molar-refractivity contribution is 7.99. The summed E-state index contributed by atoms with van der Waals surface area (Å²) in [7, 11) is 0. The van der Waals surface area contributed by atoms with E-state index in [1.807, 2.05) is 11.8 Å². The number of rotatable bonds is 3. The molecule has 2 fully saturated rings. The number of carboxylic acid groups (broad SMARTS) is 1. The van der Waals surface area contributed by atoms with Gasteiger partial charge in [0.25, 0.3) is 0 Å².